The minimum atomic E-state index is -0.574. The Bertz CT molecular complexity index is 1970. The third-order valence-corrected chi connectivity index (χ3v) is 10.6. The van der Waals surface area contributed by atoms with Crippen molar-refractivity contribution in [1.29, 1.82) is 0 Å². The Labute approximate surface area is 300 Å². The second-order valence-electron chi connectivity index (χ2n) is 14.4. The molecule has 0 saturated carbocycles. The van der Waals surface area contributed by atoms with Gasteiger partial charge in [0, 0.05) is 46.8 Å². The molecule has 8 nitrogen and oxygen atoms in total. The maximum absolute atomic E-state index is 11.3. The molecule has 0 saturated heterocycles. The summed E-state index contributed by atoms with van der Waals surface area (Å²) in [6.45, 7) is 2.90. The van der Waals surface area contributed by atoms with E-state index in [-0.39, 0.29) is 31.0 Å². The van der Waals surface area contributed by atoms with Gasteiger partial charge in [-0.2, -0.15) is 0 Å². The van der Waals surface area contributed by atoms with E-state index in [4.69, 9.17) is 15.2 Å². The molecule has 0 spiro atoms. The maximum Gasteiger partial charge on any atom is 0.161 e. The molecule has 4 heterocycles. The normalized spacial score (nSPS) is 24.0. The lowest BCUT2D eigenvalue weighted by atomic mass is 9.84. The standard InChI is InChI=1S/C43H49N3O5/c1-28-9-12-33-22-42(44)45-43-39(33)27-50-37(15-13-32(28)8-5-17-47)23-36(48)14-10-30-11-16-40(49)41(21-30)51-26-35-20-31(18-29-6-3-2-4-7-29)19-34-24-46(43)25-38(34)35/h2-4,6-7,11,16,19-22,24-25,28,32,36-37,42,45,47-49H,5,8,10,13-15,17-18,23,26-27,44H2,1H3/t28-,32-,36+,37-,42?/m0/s1. The molecule has 266 valence electrons. The van der Waals surface area contributed by atoms with Crippen LogP contribution >= 0.6 is 0 Å². The number of fused-ring (bicyclic) bond motifs is 6. The summed E-state index contributed by atoms with van der Waals surface area (Å²) < 4.78 is 15.2. The number of nitrogens with zero attached hydrogens (tertiary/aromatic N) is 1. The van der Waals surface area contributed by atoms with Crippen LogP contribution in [0.3, 0.4) is 0 Å². The number of aryl methyl sites for hydroxylation is 1. The molecule has 0 fully saturated rings. The molecule has 3 aromatic carbocycles. The van der Waals surface area contributed by atoms with E-state index in [1.54, 1.807) is 6.07 Å². The van der Waals surface area contributed by atoms with E-state index in [1.807, 2.05) is 24.3 Å². The van der Waals surface area contributed by atoms with Gasteiger partial charge in [0.05, 0.1) is 25.0 Å². The number of phenolic OH excluding ortho intramolecular Hbond substituents is 1. The van der Waals surface area contributed by atoms with Gasteiger partial charge in [-0.25, -0.2) is 0 Å². The van der Waals surface area contributed by atoms with Crippen LogP contribution in [0.25, 0.3) is 16.6 Å². The van der Waals surface area contributed by atoms with Gasteiger partial charge in [0.2, 0.25) is 0 Å². The van der Waals surface area contributed by atoms with Crippen LogP contribution in [0.2, 0.25) is 0 Å². The predicted octanol–water partition coefficient (Wildman–Crippen LogP) is 6.40. The number of aliphatic hydroxyl groups is 2. The van der Waals surface area contributed by atoms with E-state index in [1.165, 1.54) is 5.56 Å². The van der Waals surface area contributed by atoms with Crippen LogP contribution in [0, 0.1) is 23.7 Å². The Balaban J connectivity index is 1.36. The first kappa shape index (κ1) is 34.9. The Hall–Kier alpha value is -4.52. The molecule has 51 heavy (non-hydrogen) atoms. The molecule has 8 heteroatoms. The monoisotopic (exact) mass is 687 g/mol. The molecule has 3 aliphatic rings. The van der Waals surface area contributed by atoms with Gasteiger partial charge in [-0.15, -0.1) is 0 Å². The van der Waals surface area contributed by atoms with Crippen molar-refractivity contribution in [3.8, 4) is 23.3 Å². The molecule has 5 atom stereocenters. The molecule has 0 amide bonds. The average Bonchev–Trinajstić information content (AvgIpc) is 3.55. The molecule has 4 aromatic rings. The zero-order valence-corrected chi connectivity index (χ0v) is 29.4. The highest BCUT2D eigenvalue weighted by molar-refractivity contribution is 5.88. The summed E-state index contributed by atoms with van der Waals surface area (Å²) in [5.74, 6) is 8.77. The van der Waals surface area contributed by atoms with E-state index in [0.717, 1.165) is 76.5 Å². The summed E-state index contributed by atoms with van der Waals surface area (Å²) in [5, 5.41) is 37.3. The summed E-state index contributed by atoms with van der Waals surface area (Å²) >= 11 is 0. The van der Waals surface area contributed by atoms with Gasteiger partial charge in [0.1, 0.15) is 12.4 Å². The highest BCUT2D eigenvalue weighted by atomic mass is 16.5. The van der Waals surface area contributed by atoms with Crippen LogP contribution < -0.4 is 15.8 Å². The van der Waals surface area contributed by atoms with E-state index >= 15 is 0 Å². The van der Waals surface area contributed by atoms with Crippen molar-refractivity contribution in [3.05, 3.63) is 113 Å². The number of aliphatic hydroxyl groups excluding tert-OH is 2. The molecule has 6 N–H and O–H groups in total. The average molecular weight is 688 g/mol. The smallest absolute Gasteiger partial charge is 0.161 e. The highest BCUT2D eigenvalue weighted by Gasteiger charge is 2.27. The molecular weight excluding hydrogens is 638 g/mol. The lowest BCUT2D eigenvalue weighted by Gasteiger charge is -2.28. The van der Waals surface area contributed by atoms with Gasteiger partial charge in [-0.3, -0.25) is 0 Å². The van der Waals surface area contributed by atoms with Crippen molar-refractivity contribution < 1.29 is 24.8 Å². The Morgan fingerprint density at radius 3 is 2.71 bits per heavy atom. The van der Waals surface area contributed by atoms with Gasteiger partial charge >= 0.3 is 0 Å². The number of hydrogen-bond donors (Lipinski definition) is 5. The number of aromatic hydroxyl groups is 1. The quantitative estimate of drug-likeness (QED) is 0.154. The number of nitrogens with one attached hydrogen (secondary N) is 1. The number of hydrogen-bond acceptors (Lipinski definition) is 7. The van der Waals surface area contributed by atoms with Gasteiger partial charge in [0.25, 0.3) is 0 Å². The molecule has 6 bridgehead atoms. The van der Waals surface area contributed by atoms with E-state index in [9.17, 15) is 15.3 Å². The minimum absolute atomic E-state index is 0.0857. The fraction of sp³-hybridized carbons (Fsp3) is 0.395. The number of phenols is 1. The molecule has 1 unspecified atom stereocenters. The Morgan fingerprint density at radius 1 is 1.00 bits per heavy atom. The number of dihydropyridines is 1. The van der Waals surface area contributed by atoms with Crippen LogP contribution in [0.5, 0.6) is 11.5 Å². The number of aromatic nitrogens is 1. The third-order valence-electron chi connectivity index (χ3n) is 10.6. The molecule has 0 aliphatic carbocycles. The SMILES string of the molecule is C[C@H]1C#CC2=CC(N)NC3=C2CO[C@@H](CC[C@@H]1CCCO)C[C@H](O)CCc1ccc(O)c(c1)OCc1cc(Cc2ccccc2)cc2cn3cc12. The van der Waals surface area contributed by atoms with Crippen LogP contribution in [0.1, 0.15) is 67.7 Å². The summed E-state index contributed by atoms with van der Waals surface area (Å²) in [6.07, 6.45) is 10.7. The summed E-state index contributed by atoms with van der Waals surface area (Å²) in [7, 11) is 0. The predicted molar refractivity (Wildman–Crippen MR) is 201 cm³/mol. The minimum Gasteiger partial charge on any atom is -0.504 e. The zero-order chi connectivity index (χ0) is 35.3. The van der Waals surface area contributed by atoms with Gasteiger partial charge in [-0.05, 0) is 104 Å². The van der Waals surface area contributed by atoms with Crippen molar-refractivity contribution in [2.45, 2.75) is 83.3 Å². The second kappa shape index (κ2) is 15.8. The van der Waals surface area contributed by atoms with E-state index < -0.39 is 12.3 Å². The largest absolute Gasteiger partial charge is 0.504 e. The van der Waals surface area contributed by atoms with Crippen LogP contribution in [0.15, 0.2) is 90.3 Å². The molecule has 7 rings (SSSR count). The third kappa shape index (κ3) is 8.35. The van der Waals surface area contributed by atoms with Crippen LogP contribution in [0.4, 0.5) is 0 Å². The van der Waals surface area contributed by atoms with Crippen molar-refractivity contribution in [1.82, 2.24) is 9.88 Å². The first-order chi connectivity index (χ1) is 24.8. The number of benzene rings is 3. The lowest BCUT2D eigenvalue weighted by Crippen LogP contribution is -2.40. The molecule has 0 radical (unpaired) electrons. The number of rotatable bonds is 5. The maximum atomic E-state index is 11.3. The number of ether oxygens (including phenoxy) is 2. The molecule has 3 aliphatic heterocycles. The van der Waals surface area contributed by atoms with Gasteiger partial charge in [-0.1, -0.05) is 61.2 Å². The van der Waals surface area contributed by atoms with Crippen molar-refractivity contribution in [2.24, 2.45) is 17.6 Å². The van der Waals surface area contributed by atoms with E-state index in [0.29, 0.717) is 37.5 Å². The first-order valence-electron chi connectivity index (χ1n) is 18.3. The van der Waals surface area contributed by atoms with Gasteiger partial charge in [0.15, 0.2) is 11.5 Å². The van der Waals surface area contributed by atoms with Gasteiger partial charge < -0.3 is 40.4 Å². The van der Waals surface area contributed by atoms with Crippen molar-refractivity contribution >= 4 is 16.6 Å². The van der Waals surface area contributed by atoms with Crippen LogP contribution in [-0.4, -0.2) is 51.5 Å². The Morgan fingerprint density at radius 2 is 1.86 bits per heavy atom. The fourth-order valence-electron chi connectivity index (χ4n) is 7.68. The zero-order valence-electron chi connectivity index (χ0n) is 29.4. The Kier molecular flexibility index (Phi) is 10.8. The second-order valence-corrected chi connectivity index (χ2v) is 14.4. The topological polar surface area (TPSA) is 122 Å². The highest BCUT2D eigenvalue weighted by Crippen LogP contribution is 2.34. The summed E-state index contributed by atoms with van der Waals surface area (Å²) in [5.41, 5.74) is 12.8. The van der Waals surface area contributed by atoms with E-state index in [2.05, 4.69) is 77.4 Å². The summed E-state index contributed by atoms with van der Waals surface area (Å²) in [4.78, 5) is 0. The summed E-state index contributed by atoms with van der Waals surface area (Å²) in [6, 6.07) is 20.3. The fourth-order valence-corrected chi connectivity index (χ4v) is 7.68. The molecule has 1 aromatic heterocycles. The number of nitrogens with two attached hydrogens (primary N) is 1. The van der Waals surface area contributed by atoms with Crippen LogP contribution in [-0.2, 0) is 24.2 Å². The first-order valence-corrected chi connectivity index (χ1v) is 18.3. The lowest BCUT2D eigenvalue weighted by molar-refractivity contribution is 0.0139. The van der Waals surface area contributed by atoms with Crippen molar-refractivity contribution in [2.75, 3.05) is 13.2 Å². The van der Waals surface area contributed by atoms with Crippen molar-refractivity contribution in [3.63, 3.8) is 0 Å². The molecular formula is C43H49N3O5.